The minimum atomic E-state index is 0. The number of ether oxygens (including phenoxy) is 1. The highest BCUT2D eigenvalue weighted by molar-refractivity contribution is 6.31. The van der Waals surface area contributed by atoms with Crippen LogP contribution < -0.4 is 4.74 Å². The highest BCUT2D eigenvalue weighted by Gasteiger charge is 2.16. The molecule has 2 aromatic carbocycles. The third-order valence-corrected chi connectivity index (χ3v) is 4.80. The predicted molar refractivity (Wildman–Crippen MR) is 116 cm³/mol. The van der Waals surface area contributed by atoms with E-state index in [2.05, 4.69) is 21.1 Å². The number of methoxy groups -OCH3 is 1. The molecule has 0 atom stereocenters. The van der Waals surface area contributed by atoms with Gasteiger partial charge in [-0.1, -0.05) is 48.0 Å². The van der Waals surface area contributed by atoms with E-state index < -0.39 is 0 Å². The van der Waals surface area contributed by atoms with E-state index >= 15 is 0 Å². The standard InChI is InChI=1S/C21H24ClN3O.ClH/c1-26-21-11-5-3-7-18(21)9-6-12-23-25-15-13-24(14-16-25)17-19-8-2-4-10-20(19)22;/h2-12H,13-17H2,1H3;1H/b9-6+,23-12+;. The summed E-state index contributed by atoms with van der Waals surface area (Å²) < 4.78 is 5.34. The quantitative estimate of drug-likeness (QED) is 0.657. The van der Waals surface area contributed by atoms with Crippen molar-refractivity contribution in [2.75, 3.05) is 33.3 Å². The van der Waals surface area contributed by atoms with Crippen LogP contribution >= 0.6 is 24.0 Å². The average molecular weight is 406 g/mol. The largest absolute Gasteiger partial charge is 0.496 e. The third-order valence-electron chi connectivity index (χ3n) is 4.43. The van der Waals surface area contributed by atoms with Crippen molar-refractivity contribution in [1.29, 1.82) is 0 Å². The van der Waals surface area contributed by atoms with Crippen LogP contribution in [0.4, 0.5) is 0 Å². The van der Waals surface area contributed by atoms with Crippen LogP contribution in [-0.4, -0.2) is 49.4 Å². The smallest absolute Gasteiger partial charge is 0.126 e. The molecule has 0 saturated carbocycles. The van der Waals surface area contributed by atoms with E-state index in [9.17, 15) is 0 Å². The Balaban J connectivity index is 0.00000261. The summed E-state index contributed by atoms with van der Waals surface area (Å²) >= 11 is 6.25. The van der Waals surface area contributed by atoms with Crippen molar-refractivity contribution in [3.05, 3.63) is 70.8 Å². The second-order valence-corrected chi connectivity index (χ2v) is 6.59. The maximum atomic E-state index is 6.25. The summed E-state index contributed by atoms with van der Waals surface area (Å²) in [5.41, 5.74) is 2.23. The topological polar surface area (TPSA) is 28.1 Å². The molecule has 0 spiro atoms. The Morgan fingerprint density at radius 1 is 1.04 bits per heavy atom. The minimum Gasteiger partial charge on any atom is -0.496 e. The molecule has 1 aliphatic heterocycles. The zero-order valence-corrected chi connectivity index (χ0v) is 17.0. The van der Waals surface area contributed by atoms with E-state index in [4.69, 9.17) is 16.3 Å². The average Bonchev–Trinajstić information content (AvgIpc) is 2.68. The monoisotopic (exact) mass is 405 g/mol. The van der Waals surface area contributed by atoms with Gasteiger partial charge in [0.1, 0.15) is 5.75 Å². The lowest BCUT2D eigenvalue weighted by Gasteiger charge is -2.33. The Morgan fingerprint density at radius 2 is 1.74 bits per heavy atom. The Labute approximate surface area is 172 Å². The van der Waals surface area contributed by atoms with E-state index in [0.29, 0.717) is 0 Å². The molecule has 0 aromatic heterocycles. The van der Waals surface area contributed by atoms with Gasteiger partial charge in [-0.15, -0.1) is 12.4 Å². The highest BCUT2D eigenvalue weighted by Crippen LogP contribution is 2.19. The van der Waals surface area contributed by atoms with Crippen LogP contribution in [0.1, 0.15) is 11.1 Å². The first-order valence-electron chi connectivity index (χ1n) is 8.80. The Morgan fingerprint density at radius 3 is 2.48 bits per heavy atom. The van der Waals surface area contributed by atoms with Gasteiger partial charge in [-0.05, 0) is 29.8 Å². The van der Waals surface area contributed by atoms with Gasteiger partial charge in [0.15, 0.2) is 0 Å². The molecule has 144 valence electrons. The van der Waals surface area contributed by atoms with Gasteiger partial charge in [-0.3, -0.25) is 9.91 Å². The highest BCUT2D eigenvalue weighted by atomic mass is 35.5. The summed E-state index contributed by atoms with van der Waals surface area (Å²) in [6, 6.07) is 16.0. The van der Waals surface area contributed by atoms with Gasteiger partial charge in [0.05, 0.1) is 7.11 Å². The fraction of sp³-hybridized carbons (Fsp3) is 0.286. The van der Waals surface area contributed by atoms with Gasteiger partial charge >= 0.3 is 0 Å². The Kier molecular flexibility index (Phi) is 8.65. The second kappa shape index (κ2) is 11.0. The predicted octanol–water partition coefficient (Wildman–Crippen LogP) is 4.59. The van der Waals surface area contributed by atoms with Crippen LogP contribution in [0.5, 0.6) is 5.75 Å². The molecule has 1 saturated heterocycles. The van der Waals surface area contributed by atoms with Gasteiger partial charge in [-0.2, -0.15) is 5.10 Å². The van der Waals surface area contributed by atoms with Crippen LogP contribution in [-0.2, 0) is 6.54 Å². The van der Waals surface area contributed by atoms with E-state index in [-0.39, 0.29) is 12.4 Å². The Bertz CT molecular complexity index is 772. The first kappa shape index (κ1) is 21.3. The van der Waals surface area contributed by atoms with Gasteiger partial charge in [0, 0.05) is 49.5 Å². The van der Waals surface area contributed by atoms with E-state index in [1.807, 2.05) is 60.8 Å². The summed E-state index contributed by atoms with van der Waals surface area (Å²) in [5.74, 6) is 0.866. The summed E-state index contributed by atoms with van der Waals surface area (Å²) in [7, 11) is 1.68. The zero-order chi connectivity index (χ0) is 18.2. The van der Waals surface area contributed by atoms with Crippen LogP contribution in [0.15, 0.2) is 59.7 Å². The van der Waals surface area contributed by atoms with Crippen molar-refractivity contribution in [2.24, 2.45) is 5.10 Å². The number of hydrogen-bond donors (Lipinski definition) is 0. The number of piperazine rings is 1. The normalized spacial score (nSPS) is 15.3. The van der Waals surface area contributed by atoms with Gasteiger partial charge in [0.25, 0.3) is 0 Å². The molecule has 0 unspecified atom stereocenters. The minimum absolute atomic E-state index is 0. The first-order valence-corrected chi connectivity index (χ1v) is 9.18. The number of halogens is 2. The molecule has 0 amide bonds. The molecule has 1 heterocycles. The van der Waals surface area contributed by atoms with Crippen molar-refractivity contribution in [3.63, 3.8) is 0 Å². The molecular formula is C21H25Cl2N3O. The van der Waals surface area contributed by atoms with Crippen molar-refractivity contribution < 1.29 is 4.74 Å². The van der Waals surface area contributed by atoms with Crippen molar-refractivity contribution >= 4 is 36.3 Å². The van der Waals surface area contributed by atoms with Gasteiger partial charge < -0.3 is 4.74 Å². The summed E-state index contributed by atoms with van der Waals surface area (Å²) in [6.45, 7) is 4.70. The number of nitrogens with zero attached hydrogens (tertiary/aromatic N) is 3. The number of rotatable bonds is 6. The number of benzene rings is 2. The van der Waals surface area contributed by atoms with Crippen LogP contribution in [0, 0.1) is 0 Å². The molecule has 0 radical (unpaired) electrons. The molecular weight excluding hydrogens is 381 g/mol. The molecule has 1 aliphatic rings. The third kappa shape index (κ3) is 6.28. The van der Waals surface area contributed by atoms with Crippen LogP contribution in [0.2, 0.25) is 5.02 Å². The molecule has 0 N–H and O–H groups in total. The molecule has 3 rings (SSSR count). The number of para-hydroxylation sites is 1. The lowest BCUT2D eigenvalue weighted by molar-refractivity contribution is 0.131. The molecule has 6 heteroatoms. The van der Waals surface area contributed by atoms with Crippen LogP contribution in [0.25, 0.3) is 6.08 Å². The molecule has 0 bridgehead atoms. The van der Waals surface area contributed by atoms with Gasteiger partial charge in [0.2, 0.25) is 0 Å². The molecule has 2 aromatic rings. The number of hydrogen-bond acceptors (Lipinski definition) is 4. The summed E-state index contributed by atoms with van der Waals surface area (Å²) in [5, 5.41) is 7.49. The number of allylic oxidation sites excluding steroid dienone is 1. The lowest BCUT2D eigenvalue weighted by Crippen LogP contribution is -2.43. The van der Waals surface area contributed by atoms with E-state index in [1.54, 1.807) is 7.11 Å². The van der Waals surface area contributed by atoms with Gasteiger partial charge in [-0.25, -0.2) is 0 Å². The fourth-order valence-electron chi connectivity index (χ4n) is 2.96. The van der Waals surface area contributed by atoms with Crippen molar-refractivity contribution in [1.82, 2.24) is 9.91 Å². The first-order chi connectivity index (χ1) is 12.8. The summed E-state index contributed by atoms with van der Waals surface area (Å²) in [6.07, 6.45) is 5.81. The Hall–Kier alpha value is -2.01. The van der Waals surface area contributed by atoms with Crippen molar-refractivity contribution in [2.45, 2.75) is 6.54 Å². The molecule has 0 aliphatic carbocycles. The zero-order valence-electron chi connectivity index (χ0n) is 15.4. The van der Waals surface area contributed by atoms with Crippen molar-refractivity contribution in [3.8, 4) is 5.75 Å². The molecule has 1 fully saturated rings. The lowest BCUT2D eigenvalue weighted by atomic mass is 10.2. The number of hydrazone groups is 1. The fourth-order valence-corrected chi connectivity index (χ4v) is 3.16. The van der Waals surface area contributed by atoms with E-state index in [0.717, 1.165) is 49.1 Å². The second-order valence-electron chi connectivity index (χ2n) is 6.19. The van der Waals surface area contributed by atoms with Crippen LogP contribution in [0.3, 0.4) is 0 Å². The maximum absolute atomic E-state index is 6.25. The maximum Gasteiger partial charge on any atom is 0.126 e. The summed E-state index contributed by atoms with van der Waals surface area (Å²) in [4.78, 5) is 2.41. The molecule has 4 nitrogen and oxygen atoms in total. The molecule has 27 heavy (non-hydrogen) atoms. The SMILES string of the molecule is COc1ccccc1/C=C/C=N/N1CCN(Cc2ccccc2Cl)CC1.Cl. The van der Waals surface area contributed by atoms with E-state index in [1.165, 1.54) is 5.56 Å².